The summed E-state index contributed by atoms with van der Waals surface area (Å²) in [6.45, 7) is 2.93. The highest BCUT2D eigenvalue weighted by atomic mass is 16.5. The average Bonchev–Trinajstić information content (AvgIpc) is 2.64. The summed E-state index contributed by atoms with van der Waals surface area (Å²) in [5, 5.41) is 3.27. The van der Waals surface area contributed by atoms with Crippen molar-refractivity contribution in [3.8, 4) is 0 Å². The molecule has 26 heavy (non-hydrogen) atoms. The highest BCUT2D eigenvalue weighted by Crippen LogP contribution is 2.15. The SMILES string of the molecule is COCNCCCCCCCCCCCCCCCC1=C[NH+](C)CC=C1. The number of rotatable bonds is 18. The van der Waals surface area contributed by atoms with Crippen LogP contribution in [0, 0.1) is 0 Å². The van der Waals surface area contributed by atoms with Gasteiger partial charge in [0, 0.05) is 12.7 Å². The Hall–Kier alpha value is -0.640. The zero-order valence-electron chi connectivity index (χ0n) is 17.7. The summed E-state index contributed by atoms with van der Waals surface area (Å²) in [5.41, 5.74) is 1.54. The van der Waals surface area contributed by atoms with Gasteiger partial charge in [-0.25, -0.2) is 0 Å². The lowest BCUT2D eigenvalue weighted by Crippen LogP contribution is -3.04. The molecule has 3 heteroatoms. The fourth-order valence-corrected chi connectivity index (χ4v) is 3.67. The van der Waals surface area contributed by atoms with Crippen LogP contribution < -0.4 is 10.2 Å². The molecule has 0 radical (unpaired) electrons. The number of nitrogens with one attached hydrogen (secondary N) is 2. The number of ether oxygens (including phenoxy) is 1. The molecule has 0 bridgehead atoms. The van der Waals surface area contributed by atoms with Crippen LogP contribution in [0.3, 0.4) is 0 Å². The van der Waals surface area contributed by atoms with Crippen LogP contribution in [0.5, 0.6) is 0 Å². The van der Waals surface area contributed by atoms with E-state index in [1.165, 1.54) is 94.8 Å². The number of methoxy groups -OCH3 is 1. The molecular formula is C23H45N2O+. The first-order chi connectivity index (χ1) is 12.8. The summed E-state index contributed by atoms with van der Waals surface area (Å²) in [4.78, 5) is 1.52. The van der Waals surface area contributed by atoms with Crippen molar-refractivity contribution in [1.82, 2.24) is 5.32 Å². The third-order valence-electron chi connectivity index (χ3n) is 5.27. The molecule has 1 unspecified atom stereocenters. The van der Waals surface area contributed by atoms with E-state index in [-0.39, 0.29) is 0 Å². The van der Waals surface area contributed by atoms with Gasteiger partial charge in [-0.3, -0.25) is 5.32 Å². The van der Waals surface area contributed by atoms with E-state index in [1.807, 2.05) is 0 Å². The molecule has 0 fully saturated rings. The van der Waals surface area contributed by atoms with E-state index in [0.717, 1.165) is 13.1 Å². The van der Waals surface area contributed by atoms with E-state index in [9.17, 15) is 0 Å². The van der Waals surface area contributed by atoms with Crippen molar-refractivity contribution in [2.75, 3.05) is 34.0 Å². The number of allylic oxidation sites excluding steroid dienone is 2. The van der Waals surface area contributed by atoms with Gasteiger partial charge in [0.25, 0.3) is 0 Å². The number of hydrogen-bond acceptors (Lipinski definition) is 2. The number of quaternary nitrogens is 1. The highest BCUT2D eigenvalue weighted by molar-refractivity contribution is 5.17. The first-order valence-electron chi connectivity index (χ1n) is 11.2. The van der Waals surface area contributed by atoms with Gasteiger partial charge in [-0.2, -0.15) is 0 Å². The van der Waals surface area contributed by atoms with E-state index in [0.29, 0.717) is 6.73 Å². The Labute approximate surface area is 163 Å². The maximum absolute atomic E-state index is 4.97. The molecule has 0 spiro atoms. The summed E-state index contributed by atoms with van der Waals surface area (Å²) < 4.78 is 4.97. The lowest BCUT2D eigenvalue weighted by atomic mass is 10.0. The van der Waals surface area contributed by atoms with Crippen molar-refractivity contribution < 1.29 is 9.64 Å². The van der Waals surface area contributed by atoms with Crippen molar-refractivity contribution in [3.63, 3.8) is 0 Å². The molecule has 2 N–H and O–H groups in total. The molecule has 0 amide bonds. The van der Waals surface area contributed by atoms with Crippen LogP contribution in [0.4, 0.5) is 0 Å². The molecule has 1 aliphatic heterocycles. The Kier molecular flexibility index (Phi) is 16.0. The molecule has 1 aliphatic rings. The smallest absolute Gasteiger partial charge is 0.100 e. The minimum Gasteiger partial charge on any atom is -0.370 e. The van der Waals surface area contributed by atoms with Crippen molar-refractivity contribution in [1.29, 1.82) is 0 Å². The van der Waals surface area contributed by atoms with Crippen LogP contribution in [0.1, 0.15) is 89.9 Å². The van der Waals surface area contributed by atoms with Gasteiger partial charge in [-0.05, 0) is 31.9 Å². The Morgan fingerprint density at radius 1 is 0.846 bits per heavy atom. The molecule has 0 aliphatic carbocycles. The van der Waals surface area contributed by atoms with Gasteiger partial charge < -0.3 is 9.64 Å². The van der Waals surface area contributed by atoms with Gasteiger partial charge in [0.1, 0.15) is 6.54 Å². The minimum absolute atomic E-state index is 0.688. The third-order valence-corrected chi connectivity index (χ3v) is 5.27. The van der Waals surface area contributed by atoms with E-state index in [2.05, 4.69) is 30.7 Å². The van der Waals surface area contributed by atoms with Crippen LogP contribution in [-0.4, -0.2) is 34.0 Å². The van der Waals surface area contributed by atoms with Crippen LogP contribution in [-0.2, 0) is 4.74 Å². The summed E-state index contributed by atoms with van der Waals surface area (Å²) in [6.07, 6.45) is 26.6. The molecule has 0 saturated heterocycles. The average molecular weight is 366 g/mol. The molecular weight excluding hydrogens is 320 g/mol. The summed E-state index contributed by atoms with van der Waals surface area (Å²) >= 11 is 0. The van der Waals surface area contributed by atoms with Gasteiger partial charge in [-0.15, -0.1) is 0 Å². The molecule has 1 heterocycles. The highest BCUT2D eigenvalue weighted by Gasteiger charge is 2.04. The van der Waals surface area contributed by atoms with Crippen molar-refractivity contribution in [2.45, 2.75) is 89.9 Å². The number of likely N-dealkylation sites (N-methyl/N-ethyl adjacent to an activating group) is 1. The van der Waals surface area contributed by atoms with Crippen molar-refractivity contribution in [3.05, 3.63) is 23.9 Å². The molecule has 0 aromatic rings. The van der Waals surface area contributed by atoms with Gasteiger partial charge in [0.05, 0.1) is 20.0 Å². The van der Waals surface area contributed by atoms with Crippen molar-refractivity contribution in [2.24, 2.45) is 0 Å². The monoisotopic (exact) mass is 365 g/mol. The maximum Gasteiger partial charge on any atom is 0.100 e. The van der Waals surface area contributed by atoms with Crippen molar-refractivity contribution >= 4 is 0 Å². The van der Waals surface area contributed by atoms with Crippen LogP contribution in [0.15, 0.2) is 23.9 Å². The molecule has 0 saturated carbocycles. The molecule has 3 nitrogen and oxygen atoms in total. The van der Waals surface area contributed by atoms with E-state index in [1.54, 1.807) is 12.7 Å². The Balaban J connectivity index is 1.71. The second-order valence-corrected chi connectivity index (χ2v) is 7.95. The van der Waals surface area contributed by atoms with Crippen LogP contribution in [0.2, 0.25) is 0 Å². The largest absolute Gasteiger partial charge is 0.370 e. The normalized spacial score (nSPS) is 16.8. The van der Waals surface area contributed by atoms with Gasteiger partial charge in [0.2, 0.25) is 0 Å². The molecule has 152 valence electrons. The van der Waals surface area contributed by atoms with Crippen LogP contribution in [0.25, 0.3) is 0 Å². The number of hydrogen-bond donors (Lipinski definition) is 2. The molecule has 1 rings (SSSR count). The fourth-order valence-electron chi connectivity index (χ4n) is 3.67. The first-order valence-corrected chi connectivity index (χ1v) is 11.2. The quantitative estimate of drug-likeness (QED) is 0.274. The Bertz CT molecular complexity index is 365. The summed E-state index contributed by atoms with van der Waals surface area (Å²) in [7, 11) is 3.98. The third kappa shape index (κ3) is 14.5. The van der Waals surface area contributed by atoms with Gasteiger partial charge in [-0.1, -0.05) is 76.7 Å². The second-order valence-electron chi connectivity index (χ2n) is 7.95. The van der Waals surface area contributed by atoms with Gasteiger partial charge >= 0.3 is 0 Å². The zero-order chi connectivity index (χ0) is 18.7. The second kappa shape index (κ2) is 17.8. The summed E-state index contributed by atoms with van der Waals surface area (Å²) in [5.74, 6) is 0. The van der Waals surface area contributed by atoms with Crippen LogP contribution >= 0.6 is 0 Å². The van der Waals surface area contributed by atoms with E-state index in [4.69, 9.17) is 4.74 Å². The van der Waals surface area contributed by atoms with Gasteiger partial charge in [0.15, 0.2) is 0 Å². The Morgan fingerprint density at radius 2 is 1.38 bits per heavy atom. The zero-order valence-corrected chi connectivity index (χ0v) is 17.7. The fraction of sp³-hybridized carbons (Fsp3) is 0.826. The molecule has 0 aromatic carbocycles. The molecule has 1 atom stereocenters. The molecule has 0 aromatic heterocycles. The predicted octanol–water partition coefficient (Wildman–Crippen LogP) is 4.61. The number of unbranched alkanes of at least 4 members (excludes halogenated alkanes) is 12. The predicted molar refractivity (Wildman–Crippen MR) is 113 cm³/mol. The summed E-state index contributed by atoms with van der Waals surface area (Å²) in [6, 6.07) is 0. The van der Waals surface area contributed by atoms with E-state index >= 15 is 0 Å². The Morgan fingerprint density at radius 3 is 1.92 bits per heavy atom. The standard InChI is InChI=1S/C23H44N2O/c1-25-20-16-18-23(21-25)17-14-12-10-8-6-4-3-5-7-9-11-13-15-19-24-22-26-2/h16,18,21,24H,3-15,17,19-20,22H2,1-2H3/p+1. The maximum atomic E-state index is 4.97. The minimum atomic E-state index is 0.688. The lowest BCUT2D eigenvalue weighted by molar-refractivity contribution is -0.819. The van der Waals surface area contributed by atoms with E-state index < -0.39 is 0 Å². The topological polar surface area (TPSA) is 25.7 Å². The lowest BCUT2D eigenvalue weighted by Gasteiger charge is -2.12. The first kappa shape index (κ1) is 23.4.